The van der Waals surface area contributed by atoms with Gasteiger partial charge in [-0.25, -0.2) is 0 Å². The fourth-order valence-corrected chi connectivity index (χ4v) is 2.23. The molecule has 4 unspecified atom stereocenters. The molecule has 0 bridgehead atoms. The van der Waals surface area contributed by atoms with Gasteiger partial charge in [0.05, 0.1) is 6.04 Å². The zero-order valence-corrected chi connectivity index (χ0v) is 16.6. The quantitative estimate of drug-likeness (QED) is 0.154. The Kier molecular flexibility index (Phi) is 12.2. The van der Waals surface area contributed by atoms with Crippen molar-refractivity contribution in [3.05, 3.63) is 0 Å². The van der Waals surface area contributed by atoms with Crippen LogP contribution in [0, 0.1) is 0 Å². The predicted octanol–water partition coefficient (Wildman–Crippen LogP) is -2.11. The minimum atomic E-state index is -1.29. The number of rotatable bonds is 14. The van der Waals surface area contributed by atoms with Crippen molar-refractivity contribution in [3.63, 3.8) is 0 Å². The molecule has 0 spiro atoms. The van der Waals surface area contributed by atoms with Gasteiger partial charge in [-0.05, 0) is 39.7 Å². The first kappa shape index (κ1) is 26.3. The number of unbranched alkanes of at least 4 members (excludes halogenated alkanes) is 1. The number of nitrogens with one attached hydrogen (secondary N) is 3. The molecule has 0 aliphatic rings. The molecule has 12 nitrogen and oxygen atoms in total. The summed E-state index contributed by atoms with van der Waals surface area (Å²) in [5, 5.41) is 24.6. The van der Waals surface area contributed by atoms with E-state index in [1.807, 2.05) is 0 Å². The zero-order chi connectivity index (χ0) is 22.6. The molecule has 0 aromatic rings. The Balaban J connectivity index is 4.87. The van der Waals surface area contributed by atoms with Gasteiger partial charge in [0.15, 0.2) is 0 Å². The van der Waals surface area contributed by atoms with Crippen LogP contribution in [-0.4, -0.2) is 70.6 Å². The Bertz CT molecular complexity index is 599. The van der Waals surface area contributed by atoms with Crippen LogP contribution in [0.15, 0.2) is 0 Å². The van der Waals surface area contributed by atoms with Crippen LogP contribution in [0.5, 0.6) is 0 Å². The van der Waals surface area contributed by atoms with Gasteiger partial charge < -0.3 is 37.6 Å². The van der Waals surface area contributed by atoms with Crippen molar-refractivity contribution in [2.75, 3.05) is 6.54 Å². The first-order chi connectivity index (χ1) is 13.5. The zero-order valence-electron chi connectivity index (χ0n) is 16.6. The van der Waals surface area contributed by atoms with Gasteiger partial charge in [-0.1, -0.05) is 6.42 Å². The Morgan fingerprint density at radius 2 is 1.41 bits per heavy atom. The first-order valence-corrected chi connectivity index (χ1v) is 9.30. The van der Waals surface area contributed by atoms with E-state index in [9.17, 15) is 24.0 Å². The van der Waals surface area contributed by atoms with Crippen molar-refractivity contribution >= 4 is 29.7 Å². The Labute approximate surface area is 168 Å². The molecule has 166 valence electrons. The van der Waals surface area contributed by atoms with E-state index in [0.29, 0.717) is 25.8 Å². The summed E-state index contributed by atoms with van der Waals surface area (Å²) in [7, 11) is 0. The maximum atomic E-state index is 12.3. The fraction of sp³-hybridized carbons (Fsp3) is 0.706. The van der Waals surface area contributed by atoms with E-state index in [-0.39, 0.29) is 6.42 Å². The van der Waals surface area contributed by atoms with Gasteiger partial charge in [0.1, 0.15) is 18.1 Å². The van der Waals surface area contributed by atoms with Crippen molar-refractivity contribution in [1.82, 2.24) is 16.0 Å². The van der Waals surface area contributed by atoms with Gasteiger partial charge in [-0.2, -0.15) is 0 Å². The topological polar surface area (TPSA) is 214 Å². The molecule has 9 N–H and O–H groups in total. The molecule has 0 aromatic carbocycles. The van der Waals surface area contributed by atoms with Crippen molar-refractivity contribution < 1.29 is 34.2 Å². The Morgan fingerprint density at radius 3 is 1.93 bits per heavy atom. The molecule has 0 heterocycles. The highest BCUT2D eigenvalue weighted by Gasteiger charge is 2.27. The van der Waals surface area contributed by atoms with Crippen LogP contribution >= 0.6 is 0 Å². The molecule has 29 heavy (non-hydrogen) atoms. The van der Waals surface area contributed by atoms with Crippen LogP contribution in [0.2, 0.25) is 0 Å². The second-order valence-electron chi connectivity index (χ2n) is 6.68. The lowest BCUT2D eigenvalue weighted by Crippen LogP contribution is -2.56. The molecular weight excluding hydrogens is 386 g/mol. The molecule has 0 saturated carbocycles. The second-order valence-corrected chi connectivity index (χ2v) is 6.68. The molecule has 0 aliphatic heterocycles. The SMILES string of the molecule is CC(NC(=O)C(CCC(=O)O)NC(=O)C(C)NC(=O)C(N)CCCCN)C(=O)O. The van der Waals surface area contributed by atoms with Gasteiger partial charge in [0.25, 0.3) is 0 Å². The van der Waals surface area contributed by atoms with Crippen LogP contribution in [0.25, 0.3) is 0 Å². The second kappa shape index (κ2) is 13.4. The van der Waals surface area contributed by atoms with E-state index in [0.717, 1.165) is 0 Å². The lowest BCUT2D eigenvalue weighted by Gasteiger charge is -2.22. The smallest absolute Gasteiger partial charge is 0.325 e. The highest BCUT2D eigenvalue weighted by molar-refractivity contribution is 5.94. The fourth-order valence-electron chi connectivity index (χ4n) is 2.23. The third-order valence-corrected chi connectivity index (χ3v) is 4.07. The Morgan fingerprint density at radius 1 is 0.828 bits per heavy atom. The van der Waals surface area contributed by atoms with E-state index in [1.165, 1.54) is 13.8 Å². The summed E-state index contributed by atoms with van der Waals surface area (Å²) in [5.74, 6) is -4.60. The van der Waals surface area contributed by atoms with Gasteiger partial charge in [-0.3, -0.25) is 24.0 Å². The normalized spacial score (nSPS) is 14.8. The number of carbonyl (C=O) groups is 5. The number of nitrogens with two attached hydrogens (primary N) is 2. The number of hydrogen-bond acceptors (Lipinski definition) is 7. The number of aliphatic carboxylic acids is 2. The van der Waals surface area contributed by atoms with E-state index >= 15 is 0 Å². The minimum Gasteiger partial charge on any atom is -0.481 e. The van der Waals surface area contributed by atoms with E-state index in [1.54, 1.807) is 0 Å². The third-order valence-electron chi connectivity index (χ3n) is 4.07. The largest absolute Gasteiger partial charge is 0.481 e. The summed E-state index contributed by atoms with van der Waals surface area (Å²) < 4.78 is 0. The lowest BCUT2D eigenvalue weighted by atomic mass is 10.1. The lowest BCUT2D eigenvalue weighted by molar-refractivity contribution is -0.142. The average molecular weight is 417 g/mol. The van der Waals surface area contributed by atoms with Gasteiger partial charge in [0.2, 0.25) is 17.7 Å². The molecule has 0 aliphatic carbocycles. The summed E-state index contributed by atoms with van der Waals surface area (Å²) >= 11 is 0. The highest BCUT2D eigenvalue weighted by Crippen LogP contribution is 2.02. The molecule has 12 heteroatoms. The summed E-state index contributed by atoms with van der Waals surface area (Å²) in [6.45, 7) is 3.09. The third kappa shape index (κ3) is 11.0. The van der Waals surface area contributed by atoms with Crippen molar-refractivity contribution in [2.24, 2.45) is 11.5 Å². The molecule has 3 amide bonds. The number of carbonyl (C=O) groups excluding carboxylic acids is 3. The average Bonchev–Trinajstić information content (AvgIpc) is 2.64. The predicted molar refractivity (Wildman–Crippen MR) is 103 cm³/mol. The standard InChI is InChI=1S/C17H31N5O7/c1-9(20-15(26)11(19)5-3-4-8-18)14(25)22-12(6-7-13(23)24)16(27)21-10(2)17(28)29/h9-12H,3-8,18-19H2,1-2H3,(H,20,26)(H,21,27)(H,22,25)(H,23,24)(H,28,29). The van der Waals surface area contributed by atoms with Crippen LogP contribution in [-0.2, 0) is 24.0 Å². The number of carboxylic acid groups (broad SMARTS) is 2. The van der Waals surface area contributed by atoms with Crippen LogP contribution in [0.3, 0.4) is 0 Å². The molecule has 0 radical (unpaired) electrons. The van der Waals surface area contributed by atoms with Crippen molar-refractivity contribution in [2.45, 2.75) is 70.1 Å². The van der Waals surface area contributed by atoms with E-state index in [2.05, 4.69) is 16.0 Å². The number of hydrogen-bond donors (Lipinski definition) is 7. The molecule has 4 atom stereocenters. The first-order valence-electron chi connectivity index (χ1n) is 9.30. The van der Waals surface area contributed by atoms with E-state index in [4.69, 9.17) is 21.7 Å². The molecule has 0 saturated heterocycles. The van der Waals surface area contributed by atoms with Crippen LogP contribution in [0.1, 0.15) is 46.0 Å². The summed E-state index contributed by atoms with van der Waals surface area (Å²) in [4.78, 5) is 58.2. The summed E-state index contributed by atoms with van der Waals surface area (Å²) in [6, 6.07) is -4.37. The summed E-state index contributed by atoms with van der Waals surface area (Å²) in [6.07, 6.45) is 1.09. The molecule has 0 aromatic heterocycles. The monoisotopic (exact) mass is 417 g/mol. The van der Waals surface area contributed by atoms with E-state index < -0.39 is 60.2 Å². The van der Waals surface area contributed by atoms with Gasteiger partial charge >= 0.3 is 11.9 Å². The number of carboxylic acids is 2. The highest BCUT2D eigenvalue weighted by atomic mass is 16.4. The van der Waals surface area contributed by atoms with Gasteiger partial charge in [-0.15, -0.1) is 0 Å². The maximum Gasteiger partial charge on any atom is 0.325 e. The molecule has 0 rings (SSSR count). The molecular formula is C17H31N5O7. The number of amides is 3. The minimum absolute atomic E-state index is 0.251. The summed E-state index contributed by atoms with van der Waals surface area (Å²) in [5.41, 5.74) is 11.1. The van der Waals surface area contributed by atoms with Crippen LogP contribution < -0.4 is 27.4 Å². The molecule has 0 fully saturated rings. The van der Waals surface area contributed by atoms with Gasteiger partial charge in [0, 0.05) is 6.42 Å². The van der Waals surface area contributed by atoms with Crippen molar-refractivity contribution in [3.8, 4) is 0 Å². The van der Waals surface area contributed by atoms with Crippen molar-refractivity contribution in [1.29, 1.82) is 0 Å². The maximum absolute atomic E-state index is 12.3. The van der Waals surface area contributed by atoms with Crippen LogP contribution in [0.4, 0.5) is 0 Å². The Hall–Kier alpha value is -2.73.